The molecule has 0 aromatic carbocycles. The molecule has 1 N–H and O–H groups in total. The van der Waals surface area contributed by atoms with Gasteiger partial charge in [-0.2, -0.15) is 0 Å². The Hall–Kier alpha value is -0.380. The Labute approximate surface area is 82.9 Å². The second-order valence-corrected chi connectivity index (χ2v) is 5.67. The quantitative estimate of drug-likeness (QED) is 0.443. The molecule has 1 aliphatic rings. The summed E-state index contributed by atoms with van der Waals surface area (Å²) in [5.41, 5.74) is 0. The van der Waals surface area contributed by atoms with Gasteiger partial charge in [0.25, 0.3) is 0 Å². The smallest absolute Gasteiger partial charge is 0.328 e. The van der Waals surface area contributed by atoms with E-state index in [1.807, 2.05) is 0 Å². The maximum absolute atomic E-state index is 11.2. The Morgan fingerprint density at radius 1 is 1.50 bits per heavy atom. The fourth-order valence-electron chi connectivity index (χ4n) is 0.924. The van der Waals surface area contributed by atoms with E-state index in [4.69, 9.17) is 14.2 Å². The number of hydrogen-bond donors (Lipinski definition) is 1. The van der Waals surface area contributed by atoms with Crippen LogP contribution in [0.2, 0.25) is 0 Å². The molecular weight excluding hydrogens is 207 g/mol. The third-order valence-electron chi connectivity index (χ3n) is 1.75. The molecule has 1 atom stereocenters. The topological polar surface area (TPSA) is 72.8 Å². The molecule has 1 rings (SSSR count). The van der Waals surface area contributed by atoms with Crippen molar-refractivity contribution < 1.29 is 23.5 Å². The van der Waals surface area contributed by atoms with Crippen LogP contribution in [0, 0.1) is 5.92 Å². The third kappa shape index (κ3) is 3.40. The molecule has 1 unspecified atom stereocenters. The van der Waals surface area contributed by atoms with Crippen molar-refractivity contribution in [3.05, 3.63) is 0 Å². The summed E-state index contributed by atoms with van der Waals surface area (Å²) in [6.07, 6.45) is 0.980. The van der Waals surface area contributed by atoms with Crippen molar-refractivity contribution in [2.24, 2.45) is 5.92 Å². The van der Waals surface area contributed by atoms with Crippen LogP contribution in [0.15, 0.2) is 0 Å². The van der Waals surface area contributed by atoms with Gasteiger partial charge in [0.05, 0.1) is 5.92 Å². The molecule has 0 amide bonds. The summed E-state index contributed by atoms with van der Waals surface area (Å²) in [6.45, 7) is 4.47. The van der Waals surface area contributed by atoms with Crippen molar-refractivity contribution in [3.63, 3.8) is 0 Å². The lowest BCUT2D eigenvalue weighted by Gasteiger charge is -2.19. The molecule has 0 bridgehead atoms. The average molecular weight is 222 g/mol. The first-order chi connectivity index (χ1) is 6.24. The zero-order valence-electron chi connectivity index (χ0n) is 8.52. The van der Waals surface area contributed by atoms with Gasteiger partial charge in [-0.1, -0.05) is 13.8 Å². The molecular formula is C8H15O5P. The Kier molecular flexibility index (Phi) is 3.04. The second-order valence-electron chi connectivity index (χ2n) is 3.88. The molecule has 0 aromatic rings. The van der Waals surface area contributed by atoms with Gasteiger partial charge in [0.15, 0.2) is 0 Å². The predicted molar refractivity (Wildman–Crippen MR) is 49.7 cm³/mol. The van der Waals surface area contributed by atoms with Crippen molar-refractivity contribution in [2.75, 3.05) is 6.66 Å². The van der Waals surface area contributed by atoms with Crippen molar-refractivity contribution >= 4 is 13.6 Å². The van der Waals surface area contributed by atoms with Gasteiger partial charge < -0.3 is 9.63 Å². The molecule has 0 spiro atoms. The Morgan fingerprint density at radius 3 is 2.29 bits per heavy atom. The highest BCUT2D eigenvalue weighted by molar-refractivity contribution is 7.51. The van der Waals surface area contributed by atoms with E-state index in [1.165, 1.54) is 0 Å². The normalized spacial score (nSPS) is 22.9. The van der Waals surface area contributed by atoms with E-state index in [0.717, 1.165) is 6.66 Å². The number of carbonyl (C=O) groups excluding carboxylic acids is 1. The van der Waals surface area contributed by atoms with Gasteiger partial charge in [0.1, 0.15) is 0 Å². The van der Waals surface area contributed by atoms with E-state index in [-0.39, 0.29) is 5.92 Å². The average Bonchev–Trinajstić information content (AvgIpc) is 2.64. The minimum atomic E-state index is -3.59. The summed E-state index contributed by atoms with van der Waals surface area (Å²) in [7, 11) is -3.59. The van der Waals surface area contributed by atoms with Crippen LogP contribution in [0.5, 0.6) is 0 Å². The first-order valence-electron chi connectivity index (χ1n) is 4.48. The van der Waals surface area contributed by atoms with Crippen LogP contribution in [0.1, 0.15) is 26.7 Å². The maximum Gasteiger partial charge on any atom is 0.328 e. The molecule has 0 aromatic heterocycles. The minimum absolute atomic E-state index is 0.258. The van der Waals surface area contributed by atoms with E-state index in [1.54, 1.807) is 13.8 Å². The highest BCUT2D eigenvalue weighted by Crippen LogP contribution is 2.53. The first kappa shape index (κ1) is 11.7. The van der Waals surface area contributed by atoms with Gasteiger partial charge in [0.2, 0.25) is 5.79 Å². The summed E-state index contributed by atoms with van der Waals surface area (Å²) in [4.78, 5) is 20.2. The molecule has 1 fully saturated rings. The minimum Gasteiger partial charge on any atom is -0.432 e. The predicted octanol–water partition coefficient (Wildman–Crippen LogP) is 1.51. The lowest BCUT2D eigenvalue weighted by Crippen LogP contribution is -2.24. The third-order valence-corrected chi connectivity index (χ3v) is 2.42. The molecule has 0 radical (unpaired) electrons. The molecule has 1 saturated carbocycles. The molecule has 0 aliphatic heterocycles. The molecule has 82 valence electrons. The SMILES string of the molecule is CC(C)C(=O)OC1(OP(C)(=O)O)CC1. The summed E-state index contributed by atoms with van der Waals surface area (Å²) in [5.74, 6) is -1.79. The maximum atomic E-state index is 11.2. The highest BCUT2D eigenvalue weighted by Gasteiger charge is 2.52. The van der Waals surface area contributed by atoms with Crippen molar-refractivity contribution in [1.29, 1.82) is 0 Å². The molecule has 1 aliphatic carbocycles. The van der Waals surface area contributed by atoms with Crippen LogP contribution in [-0.2, 0) is 18.6 Å². The van der Waals surface area contributed by atoms with Gasteiger partial charge >= 0.3 is 13.6 Å². The molecule has 14 heavy (non-hydrogen) atoms. The van der Waals surface area contributed by atoms with Crippen LogP contribution < -0.4 is 0 Å². The number of ether oxygens (including phenoxy) is 1. The Balaban J connectivity index is 2.52. The second kappa shape index (κ2) is 3.65. The van der Waals surface area contributed by atoms with Gasteiger partial charge in [-0.3, -0.25) is 13.9 Å². The zero-order valence-corrected chi connectivity index (χ0v) is 9.41. The van der Waals surface area contributed by atoms with Crippen LogP contribution in [0.3, 0.4) is 0 Å². The summed E-state index contributed by atoms with van der Waals surface area (Å²) >= 11 is 0. The van der Waals surface area contributed by atoms with Crippen molar-refractivity contribution in [2.45, 2.75) is 32.5 Å². The van der Waals surface area contributed by atoms with Crippen LogP contribution in [0.4, 0.5) is 0 Å². The zero-order chi connectivity index (χ0) is 11.0. The largest absolute Gasteiger partial charge is 0.432 e. The summed E-state index contributed by atoms with van der Waals surface area (Å²) in [5, 5.41) is 0. The highest BCUT2D eigenvalue weighted by atomic mass is 31.2. The Morgan fingerprint density at radius 2 is 2.00 bits per heavy atom. The van der Waals surface area contributed by atoms with E-state index >= 15 is 0 Å². The summed E-state index contributed by atoms with van der Waals surface area (Å²) < 4.78 is 20.8. The van der Waals surface area contributed by atoms with E-state index < -0.39 is 19.4 Å². The van der Waals surface area contributed by atoms with Crippen LogP contribution >= 0.6 is 7.60 Å². The fraction of sp³-hybridized carbons (Fsp3) is 0.875. The van der Waals surface area contributed by atoms with Crippen LogP contribution in [-0.4, -0.2) is 23.3 Å². The lowest BCUT2D eigenvalue weighted by molar-refractivity contribution is -0.174. The monoisotopic (exact) mass is 222 g/mol. The van der Waals surface area contributed by atoms with E-state index in [2.05, 4.69) is 0 Å². The number of rotatable bonds is 4. The standard InChI is InChI=1S/C8H15O5P/c1-6(2)7(9)12-8(4-5-8)13-14(3,10)11/h6H,4-5H2,1-3H3,(H,10,11). The summed E-state index contributed by atoms with van der Waals surface area (Å²) in [6, 6.07) is 0. The molecule has 0 saturated heterocycles. The van der Waals surface area contributed by atoms with Gasteiger partial charge in [0, 0.05) is 19.5 Å². The number of esters is 1. The van der Waals surface area contributed by atoms with Crippen LogP contribution in [0.25, 0.3) is 0 Å². The first-order valence-corrected chi connectivity index (χ1v) is 6.50. The van der Waals surface area contributed by atoms with E-state index in [9.17, 15) is 9.36 Å². The fourth-order valence-corrected chi connectivity index (χ4v) is 1.76. The molecule has 5 nitrogen and oxygen atoms in total. The molecule has 0 heterocycles. The van der Waals surface area contributed by atoms with E-state index in [0.29, 0.717) is 12.8 Å². The van der Waals surface area contributed by atoms with Gasteiger partial charge in [-0.25, -0.2) is 0 Å². The van der Waals surface area contributed by atoms with Gasteiger partial charge in [-0.05, 0) is 0 Å². The van der Waals surface area contributed by atoms with Gasteiger partial charge in [-0.15, -0.1) is 0 Å². The number of carbonyl (C=O) groups is 1. The van der Waals surface area contributed by atoms with Crippen molar-refractivity contribution in [3.8, 4) is 0 Å². The number of hydrogen-bond acceptors (Lipinski definition) is 4. The Bertz CT molecular complexity index is 275. The lowest BCUT2D eigenvalue weighted by atomic mass is 10.2. The molecule has 6 heteroatoms. The van der Waals surface area contributed by atoms with Crippen molar-refractivity contribution in [1.82, 2.24) is 0 Å².